The molecule has 0 heterocycles. The fourth-order valence-electron chi connectivity index (χ4n) is 2.42. The minimum absolute atomic E-state index is 0.357. The Hall–Kier alpha value is -1.80. The first-order chi connectivity index (χ1) is 9.83. The molecule has 1 N–H and O–H groups in total. The number of ether oxygens (including phenoxy) is 1. The van der Waals surface area contributed by atoms with Crippen molar-refractivity contribution in [3.63, 3.8) is 0 Å². The van der Waals surface area contributed by atoms with Crippen LogP contribution >= 0.6 is 0 Å². The van der Waals surface area contributed by atoms with E-state index in [9.17, 15) is 0 Å². The summed E-state index contributed by atoms with van der Waals surface area (Å²) in [5.74, 6) is 0.949. The Balaban J connectivity index is 2.02. The normalized spacial score (nSPS) is 12.1. The van der Waals surface area contributed by atoms with Crippen LogP contribution in [0.1, 0.15) is 30.5 Å². The third kappa shape index (κ3) is 4.10. The highest BCUT2D eigenvalue weighted by Crippen LogP contribution is 2.23. The molecule has 0 aromatic heterocycles. The fourth-order valence-corrected chi connectivity index (χ4v) is 2.42. The van der Waals surface area contributed by atoms with Gasteiger partial charge in [-0.1, -0.05) is 42.5 Å². The van der Waals surface area contributed by atoms with Gasteiger partial charge in [-0.05, 0) is 50.1 Å². The Morgan fingerprint density at radius 1 is 1.05 bits per heavy atom. The first-order valence-corrected chi connectivity index (χ1v) is 7.27. The predicted octanol–water partition coefficient (Wildman–Crippen LogP) is 3.98. The van der Waals surface area contributed by atoms with E-state index in [4.69, 9.17) is 4.74 Å². The molecule has 20 heavy (non-hydrogen) atoms. The van der Waals surface area contributed by atoms with Crippen LogP contribution in [0.4, 0.5) is 0 Å². The number of hydrogen-bond acceptors (Lipinski definition) is 2. The molecule has 2 nitrogen and oxygen atoms in total. The van der Waals surface area contributed by atoms with Gasteiger partial charge in [0.2, 0.25) is 0 Å². The van der Waals surface area contributed by atoms with Crippen LogP contribution in [0.25, 0.3) is 0 Å². The van der Waals surface area contributed by atoms with Gasteiger partial charge >= 0.3 is 0 Å². The summed E-state index contributed by atoms with van der Waals surface area (Å²) in [5, 5.41) is 3.40. The zero-order valence-corrected chi connectivity index (χ0v) is 12.3. The molecule has 1 atom stereocenters. The lowest BCUT2D eigenvalue weighted by molar-refractivity contribution is 0.339. The molecule has 106 valence electrons. The van der Waals surface area contributed by atoms with Crippen LogP contribution in [0.5, 0.6) is 5.75 Å². The second-order valence-electron chi connectivity index (χ2n) is 4.87. The van der Waals surface area contributed by atoms with Gasteiger partial charge in [0.05, 0.1) is 6.61 Å². The summed E-state index contributed by atoms with van der Waals surface area (Å²) in [4.78, 5) is 0. The second-order valence-corrected chi connectivity index (χ2v) is 4.87. The molecule has 0 aliphatic rings. The zero-order valence-electron chi connectivity index (χ0n) is 12.3. The molecule has 0 aliphatic heterocycles. The lowest BCUT2D eigenvalue weighted by Gasteiger charge is -2.17. The van der Waals surface area contributed by atoms with Gasteiger partial charge in [-0.25, -0.2) is 0 Å². The Morgan fingerprint density at radius 2 is 1.85 bits per heavy atom. The Kier molecular flexibility index (Phi) is 5.63. The summed E-state index contributed by atoms with van der Waals surface area (Å²) < 4.78 is 5.58. The van der Waals surface area contributed by atoms with E-state index in [-0.39, 0.29) is 0 Å². The minimum atomic E-state index is 0.357. The minimum Gasteiger partial charge on any atom is -0.494 e. The Bertz CT molecular complexity index is 510. The quantitative estimate of drug-likeness (QED) is 0.821. The second kappa shape index (κ2) is 7.71. The molecule has 1 unspecified atom stereocenters. The molecule has 0 saturated heterocycles. The van der Waals surface area contributed by atoms with Gasteiger partial charge in [0.25, 0.3) is 0 Å². The molecule has 2 aromatic carbocycles. The molecule has 2 heteroatoms. The molecular weight excluding hydrogens is 246 g/mol. The number of hydrogen-bond donors (Lipinski definition) is 1. The van der Waals surface area contributed by atoms with Crippen molar-refractivity contribution in [2.45, 2.75) is 25.8 Å². The summed E-state index contributed by atoms with van der Waals surface area (Å²) in [5.41, 5.74) is 2.67. The average molecular weight is 269 g/mol. The highest BCUT2D eigenvalue weighted by Gasteiger charge is 2.10. The summed E-state index contributed by atoms with van der Waals surface area (Å²) in [6.45, 7) is 2.72. The lowest BCUT2D eigenvalue weighted by atomic mass is 9.99. The van der Waals surface area contributed by atoms with E-state index < -0.39 is 0 Å². The van der Waals surface area contributed by atoms with Crippen molar-refractivity contribution in [1.82, 2.24) is 5.32 Å². The molecule has 2 aromatic rings. The van der Waals surface area contributed by atoms with E-state index in [2.05, 4.69) is 53.8 Å². The molecule has 0 spiro atoms. The third-order valence-electron chi connectivity index (χ3n) is 3.48. The SMILES string of the molecule is CCOc1cccc(C(CCc2ccccc2)NC)c1. The van der Waals surface area contributed by atoms with Gasteiger partial charge in [0, 0.05) is 6.04 Å². The van der Waals surface area contributed by atoms with Crippen molar-refractivity contribution in [1.29, 1.82) is 0 Å². The first kappa shape index (κ1) is 14.6. The van der Waals surface area contributed by atoms with Crippen LogP contribution < -0.4 is 10.1 Å². The molecule has 2 rings (SSSR count). The highest BCUT2D eigenvalue weighted by atomic mass is 16.5. The zero-order chi connectivity index (χ0) is 14.2. The van der Waals surface area contributed by atoms with Crippen molar-refractivity contribution < 1.29 is 4.74 Å². The van der Waals surface area contributed by atoms with Crippen LogP contribution in [-0.4, -0.2) is 13.7 Å². The summed E-state index contributed by atoms with van der Waals surface area (Å²) in [7, 11) is 2.02. The maximum absolute atomic E-state index is 5.58. The van der Waals surface area contributed by atoms with Crippen molar-refractivity contribution in [3.8, 4) is 5.75 Å². The number of benzene rings is 2. The van der Waals surface area contributed by atoms with Crippen molar-refractivity contribution >= 4 is 0 Å². The molecule has 0 amide bonds. The molecule has 0 saturated carbocycles. The van der Waals surface area contributed by atoms with E-state index in [1.165, 1.54) is 11.1 Å². The fraction of sp³-hybridized carbons (Fsp3) is 0.333. The molecule has 0 radical (unpaired) electrons. The van der Waals surface area contributed by atoms with E-state index in [0.29, 0.717) is 12.6 Å². The highest BCUT2D eigenvalue weighted by molar-refractivity contribution is 5.30. The summed E-state index contributed by atoms with van der Waals surface area (Å²) >= 11 is 0. The number of nitrogens with one attached hydrogen (secondary N) is 1. The van der Waals surface area contributed by atoms with E-state index in [1.807, 2.05) is 20.0 Å². The number of aryl methyl sites for hydroxylation is 1. The van der Waals surface area contributed by atoms with Crippen molar-refractivity contribution in [2.75, 3.05) is 13.7 Å². The van der Waals surface area contributed by atoms with Gasteiger partial charge in [-0.3, -0.25) is 0 Å². The van der Waals surface area contributed by atoms with Crippen LogP contribution in [-0.2, 0) is 6.42 Å². The summed E-state index contributed by atoms with van der Waals surface area (Å²) in [6, 6.07) is 19.3. The lowest BCUT2D eigenvalue weighted by Crippen LogP contribution is -2.17. The largest absolute Gasteiger partial charge is 0.494 e. The van der Waals surface area contributed by atoms with Crippen LogP contribution in [0.15, 0.2) is 54.6 Å². The Labute approximate surface area is 121 Å². The van der Waals surface area contributed by atoms with E-state index >= 15 is 0 Å². The first-order valence-electron chi connectivity index (χ1n) is 7.27. The van der Waals surface area contributed by atoms with Gasteiger partial charge in [0.15, 0.2) is 0 Å². The smallest absolute Gasteiger partial charge is 0.119 e. The van der Waals surface area contributed by atoms with Gasteiger partial charge in [-0.2, -0.15) is 0 Å². The summed E-state index contributed by atoms with van der Waals surface area (Å²) in [6.07, 6.45) is 2.15. The predicted molar refractivity (Wildman–Crippen MR) is 84.2 cm³/mol. The third-order valence-corrected chi connectivity index (χ3v) is 3.48. The average Bonchev–Trinajstić information content (AvgIpc) is 2.50. The topological polar surface area (TPSA) is 21.3 Å². The van der Waals surface area contributed by atoms with Crippen molar-refractivity contribution in [3.05, 3.63) is 65.7 Å². The Morgan fingerprint density at radius 3 is 2.55 bits per heavy atom. The standard InChI is InChI=1S/C18H23NO/c1-3-20-17-11-7-10-16(14-17)18(19-2)13-12-15-8-5-4-6-9-15/h4-11,14,18-19H,3,12-13H2,1-2H3. The van der Waals surface area contributed by atoms with Gasteiger partial charge < -0.3 is 10.1 Å². The maximum Gasteiger partial charge on any atom is 0.119 e. The van der Waals surface area contributed by atoms with E-state index in [0.717, 1.165) is 18.6 Å². The maximum atomic E-state index is 5.58. The van der Waals surface area contributed by atoms with Crippen LogP contribution in [0.3, 0.4) is 0 Å². The van der Waals surface area contributed by atoms with Crippen LogP contribution in [0, 0.1) is 0 Å². The molecule has 0 fully saturated rings. The van der Waals surface area contributed by atoms with E-state index in [1.54, 1.807) is 0 Å². The van der Waals surface area contributed by atoms with Gasteiger partial charge in [0.1, 0.15) is 5.75 Å². The van der Waals surface area contributed by atoms with Crippen LogP contribution in [0.2, 0.25) is 0 Å². The van der Waals surface area contributed by atoms with Gasteiger partial charge in [-0.15, -0.1) is 0 Å². The molecular formula is C18H23NO. The number of rotatable bonds is 7. The van der Waals surface area contributed by atoms with Crippen molar-refractivity contribution in [2.24, 2.45) is 0 Å². The monoisotopic (exact) mass is 269 g/mol. The molecule has 0 bridgehead atoms. The molecule has 0 aliphatic carbocycles.